The largest absolute Gasteiger partial charge is 0.477 e. The molecule has 0 aliphatic heterocycles. The first kappa shape index (κ1) is 13.5. The van der Waals surface area contributed by atoms with Crippen LogP contribution in [0.1, 0.15) is 33.8 Å². The Labute approximate surface area is 132 Å². The molecule has 0 atom stereocenters. The van der Waals surface area contributed by atoms with E-state index in [1.54, 1.807) is 0 Å². The zero-order valence-electron chi connectivity index (χ0n) is 12.0. The van der Waals surface area contributed by atoms with Gasteiger partial charge in [0.05, 0.1) is 0 Å². The maximum atomic E-state index is 11.7. The van der Waals surface area contributed by atoms with E-state index in [4.69, 9.17) is 4.98 Å². The topological polar surface area (TPSA) is 50.2 Å². The van der Waals surface area contributed by atoms with E-state index in [0.717, 1.165) is 39.9 Å². The Hall–Kier alpha value is -2.20. The van der Waals surface area contributed by atoms with Gasteiger partial charge in [0.15, 0.2) is 0 Å². The SMILES string of the molecule is O=C(O)c1sc2nc3c(cc2c1-c1ccccc1)CCCC3. The van der Waals surface area contributed by atoms with Gasteiger partial charge in [-0.2, -0.15) is 0 Å². The van der Waals surface area contributed by atoms with Gasteiger partial charge in [-0.15, -0.1) is 11.3 Å². The fourth-order valence-electron chi connectivity index (χ4n) is 3.18. The third-order valence-corrected chi connectivity index (χ3v) is 5.31. The normalized spacial score (nSPS) is 14.0. The number of rotatable bonds is 2. The van der Waals surface area contributed by atoms with Crippen LogP contribution in [0.25, 0.3) is 21.3 Å². The van der Waals surface area contributed by atoms with Gasteiger partial charge in [0.25, 0.3) is 0 Å². The zero-order valence-corrected chi connectivity index (χ0v) is 12.8. The van der Waals surface area contributed by atoms with Crippen molar-refractivity contribution in [3.63, 3.8) is 0 Å². The van der Waals surface area contributed by atoms with Crippen LogP contribution in [0.3, 0.4) is 0 Å². The number of aromatic carboxylic acids is 1. The number of fused-ring (bicyclic) bond motifs is 2. The number of aromatic nitrogens is 1. The van der Waals surface area contributed by atoms with E-state index in [0.29, 0.717) is 4.88 Å². The Bertz CT molecular complexity index is 868. The van der Waals surface area contributed by atoms with E-state index in [1.165, 1.54) is 29.7 Å². The van der Waals surface area contributed by atoms with Gasteiger partial charge in [-0.3, -0.25) is 0 Å². The molecule has 1 N–H and O–H groups in total. The molecule has 0 unspecified atom stereocenters. The molecule has 110 valence electrons. The number of hydrogen-bond acceptors (Lipinski definition) is 3. The highest BCUT2D eigenvalue weighted by atomic mass is 32.1. The van der Waals surface area contributed by atoms with Crippen molar-refractivity contribution in [1.82, 2.24) is 4.98 Å². The van der Waals surface area contributed by atoms with E-state index >= 15 is 0 Å². The summed E-state index contributed by atoms with van der Waals surface area (Å²) in [6, 6.07) is 11.9. The number of carboxylic acid groups (broad SMARTS) is 1. The highest BCUT2D eigenvalue weighted by Gasteiger charge is 2.22. The monoisotopic (exact) mass is 309 g/mol. The molecular formula is C18H15NO2S. The zero-order chi connectivity index (χ0) is 15.1. The van der Waals surface area contributed by atoms with Gasteiger partial charge in [0, 0.05) is 16.6 Å². The predicted octanol–water partition coefficient (Wildman–Crippen LogP) is 4.54. The summed E-state index contributed by atoms with van der Waals surface area (Å²) in [5.41, 5.74) is 4.19. The molecule has 2 heterocycles. The molecule has 0 spiro atoms. The summed E-state index contributed by atoms with van der Waals surface area (Å²) in [5, 5.41) is 10.6. The van der Waals surface area contributed by atoms with Crippen molar-refractivity contribution in [3.8, 4) is 11.1 Å². The van der Waals surface area contributed by atoms with Crippen LogP contribution in [-0.4, -0.2) is 16.1 Å². The second-order valence-electron chi connectivity index (χ2n) is 5.63. The van der Waals surface area contributed by atoms with E-state index in [-0.39, 0.29) is 0 Å². The van der Waals surface area contributed by atoms with Crippen molar-refractivity contribution in [2.45, 2.75) is 25.7 Å². The smallest absolute Gasteiger partial charge is 0.346 e. The fraction of sp³-hybridized carbons (Fsp3) is 0.222. The highest BCUT2D eigenvalue weighted by Crippen LogP contribution is 2.39. The lowest BCUT2D eigenvalue weighted by atomic mass is 9.94. The summed E-state index contributed by atoms with van der Waals surface area (Å²) in [5.74, 6) is -0.875. The number of pyridine rings is 1. The first-order valence-corrected chi connectivity index (χ1v) is 8.29. The average molecular weight is 309 g/mol. The second-order valence-corrected chi connectivity index (χ2v) is 6.63. The van der Waals surface area contributed by atoms with E-state index < -0.39 is 5.97 Å². The van der Waals surface area contributed by atoms with Crippen molar-refractivity contribution in [1.29, 1.82) is 0 Å². The second kappa shape index (κ2) is 5.21. The van der Waals surface area contributed by atoms with Crippen LogP contribution >= 0.6 is 11.3 Å². The Morgan fingerprint density at radius 2 is 1.91 bits per heavy atom. The Kier molecular flexibility index (Phi) is 3.19. The standard InChI is InChI=1S/C18H15NO2S/c20-18(21)16-15(11-6-2-1-3-7-11)13-10-12-8-4-5-9-14(12)19-17(13)22-16/h1-3,6-7,10H,4-5,8-9H2,(H,20,21). The first-order chi connectivity index (χ1) is 10.7. The predicted molar refractivity (Wildman–Crippen MR) is 88.7 cm³/mol. The van der Waals surface area contributed by atoms with Gasteiger partial charge in [-0.05, 0) is 42.9 Å². The van der Waals surface area contributed by atoms with Crippen LogP contribution in [-0.2, 0) is 12.8 Å². The number of nitrogens with zero attached hydrogens (tertiary/aromatic N) is 1. The maximum absolute atomic E-state index is 11.7. The Morgan fingerprint density at radius 3 is 2.68 bits per heavy atom. The molecule has 4 heteroatoms. The molecule has 0 bridgehead atoms. The summed E-state index contributed by atoms with van der Waals surface area (Å²) in [7, 11) is 0. The Balaban J connectivity index is 2.04. The lowest BCUT2D eigenvalue weighted by Crippen LogP contribution is -2.04. The minimum Gasteiger partial charge on any atom is -0.477 e. The molecule has 0 amide bonds. The van der Waals surface area contributed by atoms with Gasteiger partial charge >= 0.3 is 5.97 Å². The van der Waals surface area contributed by atoms with Crippen molar-refractivity contribution < 1.29 is 9.90 Å². The summed E-state index contributed by atoms with van der Waals surface area (Å²) in [6.07, 6.45) is 4.42. The molecule has 0 fully saturated rings. The van der Waals surface area contributed by atoms with Crippen LogP contribution in [0.15, 0.2) is 36.4 Å². The molecule has 0 saturated heterocycles. The van der Waals surface area contributed by atoms with Gasteiger partial charge in [0.2, 0.25) is 0 Å². The van der Waals surface area contributed by atoms with Crippen molar-refractivity contribution in [3.05, 3.63) is 52.5 Å². The summed E-state index contributed by atoms with van der Waals surface area (Å²) in [6.45, 7) is 0. The Morgan fingerprint density at radius 1 is 1.14 bits per heavy atom. The minimum absolute atomic E-state index is 0.385. The van der Waals surface area contributed by atoms with Crippen LogP contribution in [0, 0.1) is 0 Å². The third-order valence-electron chi connectivity index (χ3n) is 4.22. The van der Waals surface area contributed by atoms with E-state index in [9.17, 15) is 9.90 Å². The van der Waals surface area contributed by atoms with Gasteiger partial charge < -0.3 is 5.11 Å². The number of aryl methyl sites for hydroxylation is 2. The number of carbonyl (C=O) groups is 1. The van der Waals surface area contributed by atoms with Gasteiger partial charge in [-0.1, -0.05) is 30.3 Å². The summed E-state index contributed by atoms with van der Waals surface area (Å²) >= 11 is 1.29. The number of hydrogen-bond donors (Lipinski definition) is 1. The van der Waals surface area contributed by atoms with Crippen molar-refractivity contribution >= 4 is 27.5 Å². The molecule has 2 aromatic heterocycles. The van der Waals surface area contributed by atoms with Crippen LogP contribution < -0.4 is 0 Å². The molecule has 1 aliphatic carbocycles. The fourth-order valence-corrected chi connectivity index (χ4v) is 4.22. The highest BCUT2D eigenvalue weighted by molar-refractivity contribution is 7.21. The molecule has 0 radical (unpaired) electrons. The van der Waals surface area contributed by atoms with Crippen molar-refractivity contribution in [2.24, 2.45) is 0 Å². The molecule has 0 saturated carbocycles. The van der Waals surface area contributed by atoms with Crippen LogP contribution in [0.4, 0.5) is 0 Å². The van der Waals surface area contributed by atoms with Gasteiger partial charge in [0.1, 0.15) is 9.71 Å². The van der Waals surface area contributed by atoms with Crippen LogP contribution in [0.2, 0.25) is 0 Å². The maximum Gasteiger partial charge on any atom is 0.346 e. The molecule has 1 aromatic carbocycles. The summed E-state index contributed by atoms with van der Waals surface area (Å²) < 4.78 is 0. The molecular weight excluding hydrogens is 294 g/mol. The third kappa shape index (κ3) is 2.11. The average Bonchev–Trinajstić information content (AvgIpc) is 2.92. The van der Waals surface area contributed by atoms with Gasteiger partial charge in [-0.25, -0.2) is 9.78 Å². The first-order valence-electron chi connectivity index (χ1n) is 7.48. The molecule has 22 heavy (non-hydrogen) atoms. The molecule has 3 aromatic rings. The van der Waals surface area contributed by atoms with Crippen LogP contribution in [0.5, 0.6) is 0 Å². The summed E-state index contributed by atoms with van der Waals surface area (Å²) in [4.78, 5) is 17.7. The lowest BCUT2D eigenvalue weighted by molar-refractivity contribution is 0.0703. The van der Waals surface area contributed by atoms with Crippen molar-refractivity contribution in [2.75, 3.05) is 0 Å². The van der Waals surface area contributed by atoms with E-state index in [2.05, 4.69) is 6.07 Å². The minimum atomic E-state index is -0.875. The quantitative estimate of drug-likeness (QED) is 0.756. The molecule has 4 rings (SSSR count). The molecule has 1 aliphatic rings. The number of benzene rings is 1. The lowest BCUT2D eigenvalue weighted by Gasteiger charge is -2.14. The number of thiophene rings is 1. The number of carboxylic acids is 1. The van der Waals surface area contributed by atoms with E-state index in [1.807, 2.05) is 30.3 Å². The molecule has 3 nitrogen and oxygen atoms in total.